The summed E-state index contributed by atoms with van der Waals surface area (Å²) >= 11 is 0. The summed E-state index contributed by atoms with van der Waals surface area (Å²) in [5, 5.41) is 0. The van der Waals surface area contributed by atoms with E-state index in [1.54, 1.807) is 0 Å². The highest BCUT2D eigenvalue weighted by atomic mass is 16.5. The lowest BCUT2D eigenvalue weighted by molar-refractivity contribution is 0.134. The Bertz CT molecular complexity index is 550. The summed E-state index contributed by atoms with van der Waals surface area (Å²) in [6.07, 6.45) is 2.00. The van der Waals surface area contributed by atoms with Gasteiger partial charge in [-0.3, -0.25) is 0 Å². The van der Waals surface area contributed by atoms with Crippen molar-refractivity contribution in [1.29, 1.82) is 0 Å². The molecule has 98 valence electrons. The molecule has 1 heterocycles. The van der Waals surface area contributed by atoms with Crippen molar-refractivity contribution in [2.45, 2.75) is 32.1 Å². The van der Waals surface area contributed by atoms with Gasteiger partial charge in [-0.15, -0.1) is 0 Å². The Kier molecular flexibility index (Phi) is 3.62. The average Bonchev–Trinajstić information content (AvgIpc) is 2.93. The number of nitrogens with two attached hydrogens (primary N) is 1. The maximum Gasteiger partial charge on any atom is 0.0725 e. The number of hydrogen-bond donors (Lipinski definition) is 1. The van der Waals surface area contributed by atoms with Gasteiger partial charge in [0.25, 0.3) is 0 Å². The first-order valence-electron chi connectivity index (χ1n) is 6.82. The SMILES string of the molecule is NC(CCc1ccccc1)c1ccc2c(c1)COC2. The molecule has 2 aromatic carbocycles. The minimum absolute atomic E-state index is 0.103. The Morgan fingerprint density at radius 3 is 2.63 bits per heavy atom. The predicted octanol–water partition coefficient (Wildman–Crippen LogP) is 3.35. The normalized spacial score (nSPS) is 15.2. The van der Waals surface area contributed by atoms with E-state index in [9.17, 15) is 0 Å². The molecular weight excluding hydrogens is 234 g/mol. The number of ether oxygens (including phenoxy) is 1. The molecule has 19 heavy (non-hydrogen) atoms. The van der Waals surface area contributed by atoms with Crippen LogP contribution in [0.5, 0.6) is 0 Å². The zero-order chi connectivity index (χ0) is 13.1. The highest BCUT2D eigenvalue weighted by Gasteiger charge is 2.14. The number of aryl methyl sites for hydroxylation is 1. The van der Waals surface area contributed by atoms with Gasteiger partial charge in [-0.1, -0.05) is 48.5 Å². The van der Waals surface area contributed by atoms with Crippen LogP contribution in [0.25, 0.3) is 0 Å². The van der Waals surface area contributed by atoms with Crippen LogP contribution in [0.15, 0.2) is 48.5 Å². The van der Waals surface area contributed by atoms with Crippen LogP contribution in [0.4, 0.5) is 0 Å². The van der Waals surface area contributed by atoms with E-state index >= 15 is 0 Å². The average molecular weight is 253 g/mol. The van der Waals surface area contributed by atoms with Gasteiger partial charge in [0.2, 0.25) is 0 Å². The second-order valence-electron chi connectivity index (χ2n) is 5.15. The molecule has 2 N–H and O–H groups in total. The van der Waals surface area contributed by atoms with Crippen molar-refractivity contribution in [3.05, 3.63) is 70.8 Å². The Balaban J connectivity index is 1.65. The summed E-state index contributed by atoms with van der Waals surface area (Å²) in [6.45, 7) is 1.48. The van der Waals surface area contributed by atoms with Crippen LogP contribution in [-0.4, -0.2) is 0 Å². The molecule has 2 aromatic rings. The third kappa shape index (κ3) is 2.86. The molecule has 0 aromatic heterocycles. The summed E-state index contributed by atoms with van der Waals surface area (Å²) in [4.78, 5) is 0. The van der Waals surface area contributed by atoms with E-state index in [1.165, 1.54) is 22.3 Å². The van der Waals surface area contributed by atoms with E-state index in [2.05, 4.69) is 42.5 Å². The van der Waals surface area contributed by atoms with E-state index in [1.807, 2.05) is 6.07 Å². The third-order valence-corrected chi connectivity index (χ3v) is 3.76. The van der Waals surface area contributed by atoms with Crippen molar-refractivity contribution in [3.8, 4) is 0 Å². The summed E-state index contributed by atoms with van der Waals surface area (Å²) in [7, 11) is 0. The molecule has 0 saturated carbocycles. The Morgan fingerprint density at radius 1 is 1.00 bits per heavy atom. The van der Waals surface area contributed by atoms with Crippen molar-refractivity contribution in [2.75, 3.05) is 0 Å². The number of benzene rings is 2. The van der Waals surface area contributed by atoms with Crippen LogP contribution in [0.2, 0.25) is 0 Å². The van der Waals surface area contributed by atoms with Gasteiger partial charge in [0.1, 0.15) is 0 Å². The molecule has 0 aliphatic carbocycles. The van der Waals surface area contributed by atoms with E-state index in [4.69, 9.17) is 10.5 Å². The molecule has 0 bridgehead atoms. The standard InChI is InChI=1S/C17H19NO/c18-17(9-6-13-4-2-1-3-5-13)14-7-8-15-11-19-12-16(15)10-14/h1-5,7-8,10,17H,6,9,11-12,18H2. The number of hydrogen-bond acceptors (Lipinski definition) is 2. The van der Waals surface area contributed by atoms with Crippen LogP contribution in [0, 0.1) is 0 Å². The summed E-state index contributed by atoms with van der Waals surface area (Å²) in [5.41, 5.74) is 11.5. The molecule has 1 aliphatic rings. The van der Waals surface area contributed by atoms with Gasteiger partial charge in [-0.2, -0.15) is 0 Å². The lowest BCUT2D eigenvalue weighted by Gasteiger charge is -2.13. The van der Waals surface area contributed by atoms with Crippen molar-refractivity contribution in [2.24, 2.45) is 5.73 Å². The molecular formula is C17H19NO. The molecule has 0 saturated heterocycles. The minimum atomic E-state index is 0.103. The quantitative estimate of drug-likeness (QED) is 0.907. The van der Waals surface area contributed by atoms with Crippen LogP contribution >= 0.6 is 0 Å². The van der Waals surface area contributed by atoms with Gasteiger partial charge in [0.05, 0.1) is 13.2 Å². The number of fused-ring (bicyclic) bond motifs is 1. The van der Waals surface area contributed by atoms with Gasteiger partial charge >= 0.3 is 0 Å². The smallest absolute Gasteiger partial charge is 0.0725 e. The molecule has 2 heteroatoms. The van der Waals surface area contributed by atoms with Gasteiger partial charge in [-0.25, -0.2) is 0 Å². The van der Waals surface area contributed by atoms with Crippen LogP contribution < -0.4 is 5.73 Å². The van der Waals surface area contributed by atoms with Crippen LogP contribution in [0.3, 0.4) is 0 Å². The van der Waals surface area contributed by atoms with Gasteiger partial charge < -0.3 is 10.5 Å². The fourth-order valence-electron chi connectivity index (χ4n) is 2.56. The Labute approximate surface area is 114 Å². The molecule has 0 amide bonds. The fourth-order valence-corrected chi connectivity index (χ4v) is 2.56. The van der Waals surface area contributed by atoms with Crippen molar-refractivity contribution >= 4 is 0 Å². The maximum atomic E-state index is 6.30. The van der Waals surface area contributed by atoms with E-state index in [0.717, 1.165) is 26.1 Å². The molecule has 1 aliphatic heterocycles. The molecule has 0 radical (unpaired) electrons. The first-order valence-corrected chi connectivity index (χ1v) is 6.82. The lowest BCUT2D eigenvalue weighted by Crippen LogP contribution is -2.11. The highest BCUT2D eigenvalue weighted by molar-refractivity contribution is 5.34. The maximum absolute atomic E-state index is 6.30. The zero-order valence-corrected chi connectivity index (χ0v) is 11.0. The van der Waals surface area contributed by atoms with Crippen molar-refractivity contribution in [1.82, 2.24) is 0 Å². The monoisotopic (exact) mass is 253 g/mol. The summed E-state index contributed by atoms with van der Waals surface area (Å²) in [5.74, 6) is 0. The fraction of sp³-hybridized carbons (Fsp3) is 0.294. The third-order valence-electron chi connectivity index (χ3n) is 3.76. The molecule has 3 rings (SSSR count). The topological polar surface area (TPSA) is 35.2 Å². The summed E-state index contributed by atoms with van der Waals surface area (Å²) in [6, 6.07) is 17.1. The van der Waals surface area contributed by atoms with Gasteiger partial charge in [0.15, 0.2) is 0 Å². The van der Waals surface area contributed by atoms with Gasteiger partial charge in [-0.05, 0) is 35.1 Å². The first kappa shape index (κ1) is 12.4. The summed E-state index contributed by atoms with van der Waals surface area (Å²) < 4.78 is 5.44. The largest absolute Gasteiger partial charge is 0.372 e. The van der Waals surface area contributed by atoms with Crippen LogP contribution in [-0.2, 0) is 24.4 Å². The molecule has 0 fully saturated rings. The molecule has 2 nitrogen and oxygen atoms in total. The van der Waals surface area contributed by atoms with E-state index in [-0.39, 0.29) is 6.04 Å². The Morgan fingerprint density at radius 2 is 1.79 bits per heavy atom. The predicted molar refractivity (Wildman–Crippen MR) is 76.6 cm³/mol. The first-order chi connectivity index (χ1) is 9.33. The molecule has 0 spiro atoms. The van der Waals surface area contributed by atoms with Gasteiger partial charge in [0, 0.05) is 6.04 Å². The molecule has 1 atom stereocenters. The van der Waals surface area contributed by atoms with Crippen LogP contribution in [0.1, 0.15) is 34.7 Å². The Hall–Kier alpha value is -1.64. The second-order valence-corrected chi connectivity index (χ2v) is 5.15. The van der Waals surface area contributed by atoms with Crippen molar-refractivity contribution in [3.63, 3.8) is 0 Å². The lowest BCUT2D eigenvalue weighted by atomic mass is 9.97. The van der Waals surface area contributed by atoms with E-state index in [0.29, 0.717) is 0 Å². The molecule has 1 unspecified atom stereocenters. The second kappa shape index (κ2) is 5.55. The minimum Gasteiger partial charge on any atom is -0.372 e. The highest BCUT2D eigenvalue weighted by Crippen LogP contribution is 2.25. The zero-order valence-electron chi connectivity index (χ0n) is 11.0. The van der Waals surface area contributed by atoms with E-state index < -0.39 is 0 Å². The van der Waals surface area contributed by atoms with Crippen molar-refractivity contribution < 1.29 is 4.74 Å². The number of rotatable bonds is 4.